The van der Waals surface area contributed by atoms with E-state index in [0.717, 1.165) is 29.4 Å². The lowest BCUT2D eigenvalue weighted by Crippen LogP contribution is -2.09. The van der Waals surface area contributed by atoms with Gasteiger partial charge in [-0.1, -0.05) is 0 Å². The SMILES string of the molecule is Cc1cc(C#N)nc(NCCc2sc(C)nc2C)n1. The Balaban J connectivity index is 1.98. The smallest absolute Gasteiger partial charge is 0.224 e. The molecule has 2 rings (SSSR count). The fourth-order valence-electron chi connectivity index (χ4n) is 1.80. The third-order valence-electron chi connectivity index (χ3n) is 2.60. The van der Waals surface area contributed by atoms with E-state index in [1.54, 1.807) is 17.4 Å². The summed E-state index contributed by atoms with van der Waals surface area (Å²) in [5.41, 5.74) is 2.27. The molecule has 0 amide bonds. The minimum Gasteiger partial charge on any atom is -0.354 e. The second kappa shape index (κ2) is 5.76. The van der Waals surface area contributed by atoms with Crippen LogP contribution in [0, 0.1) is 32.1 Å². The van der Waals surface area contributed by atoms with Gasteiger partial charge in [-0.3, -0.25) is 0 Å². The standard InChI is InChI=1S/C13H15N5S/c1-8-6-11(7-14)18-13(16-8)15-5-4-12-9(2)17-10(3)19-12/h6H,4-5H2,1-3H3,(H,15,16,18). The van der Waals surface area contributed by atoms with Gasteiger partial charge in [0.25, 0.3) is 0 Å². The summed E-state index contributed by atoms with van der Waals surface area (Å²) in [6, 6.07) is 3.70. The Hall–Kier alpha value is -2.00. The lowest BCUT2D eigenvalue weighted by molar-refractivity contribution is 0.970. The van der Waals surface area contributed by atoms with Gasteiger partial charge in [0.2, 0.25) is 5.95 Å². The molecule has 0 radical (unpaired) electrons. The predicted octanol–water partition coefficient (Wildman–Crippen LogP) is 2.38. The zero-order chi connectivity index (χ0) is 13.8. The lowest BCUT2D eigenvalue weighted by atomic mass is 10.3. The van der Waals surface area contributed by atoms with Gasteiger partial charge in [-0.2, -0.15) is 5.26 Å². The van der Waals surface area contributed by atoms with E-state index in [4.69, 9.17) is 5.26 Å². The molecule has 0 atom stereocenters. The highest BCUT2D eigenvalue weighted by molar-refractivity contribution is 7.11. The first kappa shape index (κ1) is 13.4. The minimum absolute atomic E-state index is 0.389. The molecule has 0 saturated carbocycles. The molecular formula is C13H15N5S. The Kier molecular flexibility index (Phi) is 4.07. The van der Waals surface area contributed by atoms with Crippen molar-refractivity contribution in [1.29, 1.82) is 5.26 Å². The number of aromatic nitrogens is 3. The lowest BCUT2D eigenvalue weighted by Gasteiger charge is -2.05. The molecule has 0 saturated heterocycles. The molecule has 0 fully saturated rings. The van der Waals surface area contributed by atoms with Crippen molar-refractivity contribution in [2.45, 2.75) is 27.2 Å². The topological polar surface area (TPSA) is 74.5 Å². The summed E-state index contributed by atoms with van der Waals surface area (Å²) in [4.78, 5) is 14.0. The highest BCUT2D eigenvalue weighted by atomic mass is 32.1. The van der Waals surface area contributed by atoms with Gasteiger partial charge in [0.1, 0.15) is 11.8 Å². The minimum atomic E-state index is 0.389. The van der Waals surface area contributed by atoms with Crippen LogP contribution in [-0.2, 0) is 6.42 Å². The number of nitrogens with zero attached hydrogens (tertiary/aromatic N) is 4. The number of nitrogens with one attached hydrogen (secondary N) is 1. The van der Waals surface area contributed by atoms with Crippen LogP contribution in [0.15, 0.2) is 6.07 Å². The predicted molar refractivity (Wildman–Crippen MR) is 75.3 cm³/mol. The average molecular weight is 273 g/mol. The van der Waals surface area contributed by atoms with E-state index in [1.165, 1.54) is 4.88 Å². The summed E-state index contributed by atoms with van der Waals surface area (Å²) in [6.07, 6.45) is 0.885. The van der Waals surface area contributed by atoms with Gasteiger partial charge in [-0.15, -0.1) is 11.3 Å². The molecule has 0 bridgehead atoms. The van der Waals surface area contributed by atoms with Crippen LogP contribution in [0.2, 0.25) is 0 Å². The van der Waals surface area contributed by atoms with E-state index >= 15 is 0 Å². The number of hydrogen-bond donors (Lipinski definition) is 1. The van der Waals surface area contributed by atoms with Crippen molar-refractivity contribution < 1.29 is 0 Å². The van der Waals surface area contributed by atoms with Gasteiger partial charge in [0.05, 0.1) is 10.7 Å². The van der Waals surface area contributed by atoms with Gasteiger partial charge in [0, 0.05) is 23.5 Å². The molecule has 0 spiro atoms. The van der Waals surface area contributed by atoms with Crippen LogP contribution in [0.1, 0.15) is 27.0 Å². The second-order valence-electron chi connectivity index (χ2n) is 4.25. The van der Waals surface area contributed by atoms with Crippen molar-refractivity contribution >= 4 is 17.3 Å². The molecule has 2 heterocycles. The van der Waals surface area contributed by atoms with Gasteiger partial charge >= 0.3 is 0 Å². The molecule has 98 valence electrons. The van der Waals surface area contributed by atoms with E-state index in [1.807, 2.05) is 26.8 Å². The number of nitriles is 1. The monoisotopic (exact) mass is 273 g/mol. The molecule has 19 heavy (non-hydrogen) atoms. The number of hydrogen-bond acceptors (Lipinski definition) is 6. The number of aryl methyl sites for hydroxylation is 3. The molecule has 5 nitrogen and oxygen atoms in total. The van der Waals surface area contributed by atoms with Crippen LogP contribution in [0.3, 0.4) is 0 Å². The molecule has 2 aromatic heterocycles. The maximum absolute atomic E-state index is 8.85. The molecule has 0 aliphatic carbocycles. The maximum Gasteiger partial charge on any atom is 0.224 e. The van der Waals surface area contributed by atoms with Crippen LogP contribution < -0.4 is 5.32 Å². The summed E-state index contributed by atoms with van der Waals surface area (Å²) in [5.74, 6) is 0.510. The van der Waals surface area contributed by atoms with Crippen molar-refractivity contribution in [2.24, 2.45) is 0 Å². The normalized spacial score (nSPS) is 10.2. The Bertz CT molecular complexity index is 626. The number of anilines is 1. The Morgan fingerprint density at radius 3 is 2.68 bits per heavy atom. The summed E-state index contributed by atoms with van der Waals surface area (Å²) in [6.45, 7) is 6.62. The molecule has 6 heteroatoms. The van der Waals surface area contributed by atoms with Crippen molar-refractivity contribution in [3.63, 3.8) is 0 Å². The average Bonchev–Trinajstić information content (AvgIpc) is 2.67. The van der Waals surface area contributed by atoms with Gasteiger partial charge in [-0.05, 0) is 26.8 Å². The molecule has 0 aliphatic heterocycles. The molecule has 1 N–H and O–H groups in total. The van der Waals surface area contributed by atoms with Crippen molar-refractivity contribution in [3.05, 3.63) is 33.0 Å². The summed E-state index contributed by atoms with van der Waals surface area (Å²) < 4.78 is 0. The largest absolute Gasteiger partial charge is 0.354 e. The van der Waals surface area contributed by atoms with Gasteiger partial charge < -0.3 is 5.32 Å². The third-order valence-corrected chi connectivity index (χ3v) is 3.74. The molecule has 0 unspecified atom stereocenters. The first-order valence-electron chi connectivity index (χ1n) is 6.01. The zero-order valence-electron chi connectivity index (χ0n) is 11.2. The first-order valence-corrected chi connectivity index (χ1v) is 6.82. The summed E-state index contributed by atoms with van der Waals surface area (Å²) in [5, 5.41) is 13.1. The molecule has 0 aromatic carbocycles. The quantitative estimate of drug-likeness (QED) is 0.925. The molecule has 2 aromatic rings. The Labute approximate surface area is 116 Å². The van der Waals surface area contributed by atoms with Crippen LogP contribution >= 0.6 is 11.3 Å². The van der Waals surface area contributed by atoms with Gasteiger partial charge in [0.15, 0.2) is 0 Å². The van der Waals surface area contributed by atoms with E-state index < -0.39 is 0 Å². The van der Waals surface area contributed by atoms with Crippen LogP contribution in [0.4, 0.5) is 5.95 Å². The maximum atomic E-state index is 8.85. The van der Waals surface area contributed by atoms with E-state index in [9.17, 15) is 0 Å². The second-order valence-corrected chi connectivity index (χ2v) is 5.54. The zero-order valence-corrected chi connectivity index (χ0v) is 12.0. The highest BCUT2D eigenvalue weighted by Gasteiger charge is 2.05. The van der Waals surface area contributed by atoms with E-state index in [2.05, 4.69) is 20.3 Å². The fourth-order valence-corrected chi connectivity index (χ4v) is 2.73. The van der Waals surface area contributed by atoms with E-state index in [-0.39, 0.29) is 0 Å². The number of rotatable bonds is 4. The van der Waals surface area contributed by atoms with E-state index in [0.29, 0.717) is 11.6 Å². The Morgan fingerprint density at radius 2 is 2.05 bits per heavy atom. The summed E-state index contributed by atoms with van der Waals surface area (Å²) >= 11 is 1.72. The van der Waals surface area contributed by atoms with Crippen molar-refractivity contribution in [3.8, 4) is 6.07 Å². The van der Waals surface area contributed by atoms with Crippen LogP contribution in [-0.4, -0.2) is 21.5 Å². The van der Waals surface area contributed by atoms with Crippen LogP contribution in [0.5, 0.6) is 0 Å². The third kappa shape index (κ3) is 3.48. The van der Waals surface area contributed by atoms with Crippen molar-refractivity contribution in [1.82, 2.24) is 15.0 Å². The van der Waals surface area contributed by atoms with Gasteiger partial charge in [-0.25, -0.2) is 15.0 Å². The highest BCUT2D eigenvalue weighted by Crippen LogP contribution is 2.17. The first-order chi connectivity index (χ1) is 9.08. The van der Waals surface area contributed by atoms with Crippen molar-refractivity contribution in [2.75, 3.05) is 11.9 Å². The Morgan fingerprint density at radius 1 is 1.26 bits per heavy atom. The molecule has 0 aliphatic rings. The fraction of sp³-hybridized carbons (Fsp3) is 0.385. The summed E-state index contributed by atoms with van der Waals surface area (Å²) in [7, 11) is 0. The molecular weight excluding hydrogens is 258 g/mol. The number of thiazole rings is 1. The van der Waals surface area contributed by atoms with Crippen LogP contribution in [0.25, 0.3) is 0 Å².